The minimum atomic E-state index is -1.79. The monoisotopic (exact) mass is 493 g/mol. The molecule has 0 fully saturated rings. The van der Waals surface area contributed by atoms with Crippen molar-refractivity contribution in [1.82, 2.24) is 14.8 Å². The molecule has 0 saturated carbocycles. The predicted molar refractivity (Wildman–Crippen MR) is 138 cm³/mol. The van der Waals surface area contributed by atoms with Gasteiger partial charge in [-0.15, -0.1) is 21.5 Å². The lowest BCUT2D eigenvalue weighted by Gasteiger charge is -2.39. The van der Waals surface area contributed by atoms with Crippen molar-refractivity contribution in [2.24, 2.45) is 0 Å². The number of halogens is 1. The van der Waals surface area contributed by atoms with Crippen LogP contribution in [0.5, 0.6) is 0 Å². The average Bonchev–Trinajstić information content (AvgIpc) is 3.15. The molecule has 0 N–H and O–H groups in total. The minimum Gasteiger partial charge on any atom is -0.415 e. The molecule has 1 aromatic carbocycles. The molecule has 4 rings (SSSR count). The van der Waals surface area contributed by atoms with E-state index in [1.807, 2.05) is 17.8 Å². The normalized spacial score (nSPS) is 20.1. The van der Waals surface area contributed by atoms with Crippen molar-refractivity contribution in [3.63, 3.8) is 0 Å². The summed E-state index contributed by atoms with van der Waals surface area (Å²) in [4.78, 5) is 1.20. The Hall–Kier alpha value is -0.863. The van der Waals surface area contributed by atoms with Crippen LogP contribution in [0.4, 0.5) is 0 Å². The zero-order chi connectivity index (χ0) is 22.6. The lowest BCUT2D eigenvalue weighted by Crippen LogP contribution is -2.45. The van der Waals surface area contributed by atoms with E-state index in [0.717, 1.165) is 42.0 Å². The zero-order valence-electron chi connectivity index (χ0n) is 19.5. The van der Waals surface area contributed by atoms with Gasteiger partial charge in [0.05, 0.1) is 4.88 Å². The molecule has 2 aromatic heterocycles. The lowest BCUT2D eigenvalue weighted by molar-refractivity contribution is 0.252. The molecule has 4 nitrogen and oxygen atoms in total. The molecule has 0 aliphatic carbocycles. The molecule has 168 valence electrons. The van der Waals surface area contributed by atoms with Gasteiger partial charge in [0.2, 0.25) is 0 Å². The smallest absolute Gasteiger partial charge is 0.192 e. The Labute approximate surface area is 199 Å². The molecule has 1 atom stereocenters. The van der Waals surface area contributed by atoms with Gasteiger partial charge >= 0.3 is 0 Å². The Morgan fingerprint density at radius 3 is 2.71 bits per heavy atom. The molecule has 3 aromatic rings. The maximum Gasteiger partial charge on any atom is 0.192 e. The molecule has 0 radical (unpaired) electrons. The third kappa shape index (κ3) is 4.49. The standard InChI is InChI=1S/C23H32ClN3OS2Si/c1-15-17-12-16(24)8-9-18(17)30-20(15)21-26-25-19-13-23(5,29-11-10-27(19)21)14-28-31(6,7)22(2,3)4/h8-9,12H,10-11,13-14H2,1-7H3. The zero-order valence-corrected chi connectivity index (χ0v) is 22.9. The molecule has 0 spiro atoms. The van der Waals surface area contributed by atoms with Crippen molar-refractivity contribution in [2.75, 3.05) is 12.4 Å². The number of thioether (sulfide) groups is 1. The van der Waals surface area contributed by atoms with Gasteiger partial charge in [-0.3, -0.25) is 0 Å². The summed E-state index contributed by atoms with van der Waals surface area (Å²) in [6.45, 7) is 17.7. The van der Waals surface area contributed by atoms with Crippen molar-refractivity contribution >= 4 is 53.1 Å². The predicted octanol–water partition coefficient (Wildman–Crippen LogP) is 7.19. The summed E-state index contributed by atoms with van der Waals surface area (Å²) in [5.41, 5.74) is 1.23. The molecule has 8 heteroatoms. The van der Waals surface area contributed by atoms with Gasteiger partial charge in [0.15, 0.2) is 14.1 Å². The first-order valence-corrected chi connectivity index (χ1v) is 15.9. The number of hydrogen-bond acceptors (Lipinski definition) is 5. The Bertz CT molecular complexity index is 1120. The highest BCUT2D eigenvalue weighted by Crippen LogP contribution is 2.42. The van der Waals surface area contributed by atoms with Crippen LogP contribution in [-0.2, 0) is 17.4 Å². The van der Waals surface area contributed by atoms with Crippen LogP contribution in [0.3, 0.4) is 0 Å². The van der Waals surface area contributed by atoms with Crippen molar-refractivity contribution in [1.29, 1.82) is 0 Å². The molecule has 31 heavy (non-hydrogen) atoms. The maximum absolute atomic E-state index is 6.62. The Balaban J connectivity index is 1.62. The van der Waals surface area contributed by atoms with Crippen LogP contribution in [0, 0.1) is 6.92 Å². The molecule has 1 aliphatic heterocycles. The fourth-order valence-electron chi connectivity index (χ4n) is 3.69. The maximum atomic E-state index is 6.62. The molecular weight excluding hydrogens is 462 g/mol. The molecule has 0 amide bonds. The first-order valence-electron chi connectivity index (χ1n) is 10.8. The van der Waals surface area contributed by atoms with Crippen LogP contribution in [0.2, 0.25) is 23.2 Å². The van der Waals surface area contributed by atoms with Gasteiger partial charge < -0.3 is 8.99 Å². The van der Waals surface area contributed by atoms with E-state index in [9.17, 15) is 0 Å². The van der Waals surface area contributed by atoms with Crippen LogP contribution in [-0.4, -0.2) is 40.2 Å². The van der Waals surface area contributed by atoms with E-state index in [1.54, 1.807) is 11.3 Å². The van der Waals surface area contributed by atoms with Gasteiger partial charge in [-0.05, 0) is 61.1 Å². The van der Waals surface area contributed by atoms with E-state index in [4.69, 9.17) is 16.0 Å². The fraction of sp³-hybridized carbons (Fsp3) is 0.565. The molecule has 1 unspecified atom stereocenters. The van der Waals surface area contributed by atoms with E-state index in [0.29, 0.717) is 0 Å². The van der Waals surface area contributed by atoms with Crippen LogP contribution < -0.4 is 0 Å². The highest BCUT2D eigenvalue weighted by molar-refractivity contribution is 8.00. The van der Waals surface area contributed by atoms with Gasteiger partial charge in [-0.25, -0.2) is 0 Å². The van der Waals surface area contributed by atoms with E-state index < -0.39 is 8.32 Å². The summed E-state index contributed by atoms with van der Waals surface area (Å²) in [6.07, 6.45) is 0.870. The number of benzene rings is 1. The van der Waals surface area contributed by atoms with Gasteiger partial charge in [-0.1, -0.05) is 32.4 Å². The van der Waals surface area contributed by atoms with Crippen LogP contribution >= 0.6 is 34.7 Å². The summed E-state index contributed by atoms with van der Waals surface area (Å²) in [6, 6.07) is 6.11. The second-order valence-corrected chi connectivity index (χ2v) is 18.3. The SMILES string of the molecule is Cc1c(-c2nnc3n2CCSC(C)(CO[Si](C)(C)C(C)(C)C)C3)sc2ccc(Cl)cc12. The van der Waals surface area contributed by atoms with Gasteiger partial charge in [0.1, 0.15) is 5.82 Å². The molecule has 1 aliphatic rings. The van der Waals surface area contributed by atoms with E-state index in [-0.39, 0.29) is 9.79 Å². The molecule has 3 heterocycles. The van der Waals surface area contributed by atoms with Crippen molar-refractivity contribution in [3.8, 4) is 10.7 Å². The summed E-state index contributed by atoms with van der Waals surface area (Å²) >= 11 is 10.0. The third-order valence-corrected chi connectivity index (χ3v) is 14.1. The van der Waals surface area contributed by atoms with Gasteiger partial charge in [0, 0.05) is 39.8 Å². The van der Waals surface area contributed by atoms with Crippen molar-refractivity contribution in [2.45, 2.75) is 70.5 Å². The summed E-state index contributed by atoms with van der Waals surface area (Å²) in [5.74, 6) is 3.08. The minimum absolute atomic E-state index is 0.0107. The van der Waals surface area contributed by atoms with Crippen LogP contribution in [0.1, 0.15) is 39.1 Å². The first-order chi connectivity index (χ1) is 14.4. The lowest BCUT2D eigenvalue weighted by atomic mass is 10.1. The van der Waals surface area contributed by atoms with E-state index in [2.05, 4.69) is 74.6 Å². The number of fused-ring (bicyclic) bond motifs is 2. The highest BCUT2D eigenvalue weighted by atomic mass is 35.5. The number of aryl methyl sites for hydroxylation is 1. The van der Waals surface area contributed by atoms with Crippen LogP contribution in [0.15, 0.2) is 18.2 Å². The van der Waals surface area contributed by atoms with Crippen molar-refractivity contribution < 1.29 is 4.43 Å². The Kier molecular flexibility index (Phi) is 6.14. The van der Waals surface area contributed by atoms with E-state index in [1.165, 1.54) is 20.5 Å². The third-order valence-electron chi connectivity index (χ3n) is 6.77. The summed E-state index contributed by atoms with van der Waals surface area (Å²) < 4.78 is 10.2. The molecule has 0 saturated heterocycles. The number of rotatable bonds is 4. The van der Waals surface area contributed by atoms with Crippen LogP contribution in [0.25, 0.3) is 20.8 Å². The molecule has 0 bridgehead atoms. The number of thiophene rings is 1. The summed E-state index contributed by atoms with van der Waals surface area (Å²) in [7, 11) is -1.79. The topological polar surface area (TPSA) is 39.9 Å². The average molecular weight is 494 g/mol. The van der Waals surface area contributed by atoms with Gasteiger partial charge in [0.25, 0.3) is 0 Å². The number of hydrogen-bond donors (Lipinski definition) is 0. The second kappa shape index (κ2) is 8.17. The first kappa shape index (κ1) is 23.3. The van der Waals surface area contributed by atoms with E-state index >= 15 is 0 Å². The summed E-state index contributed by atoms with van der Waals surface area (Å²) in [5, 5.41) is 11.5. The fourth-order valence-corrected chi connectivity index (χ4v) is 7.40. The largest absolute Gasteiger partial charge is 0.415 e. The quantitative estimate of drug-likeness (QED) is 0.360. The Morgan fingerprint density at radius 1 is 1.26 bits per heavy atom. The highest BCUT2D eigenvalue weighted by Gasteiger charge is 2.40. The second-order valence-electron chi connectivity index (χ2n) is 10.3. The molecular formula is C23H32ClN3OS2Si. The number of aromatic nitrogens is 3. The van der Waals surface area contributed by atoms with Gasteiger partial charge in [-0.2, -0.15) is 11.8 Å². The Morgan fingerprint density at radius 2 is 2.00 bits per heavy atom. The number of nitrogens with zero attached hydrogens (tertiary/aromatic N) is 3. The van der Waals surface area contributed by atoms with Crippen molar-refractivity contribution in [3.05, 3.63) is 34.6 Å².